The highest BCUT2D eigenvalue weighted by atomic mass is 19.1. The maximum Gasteiger partial charge on any atom is 0.342 e. The standard InChI is InChI=1S/C29H37FO7/c1-20-7-5-6-8-22-11-14-25(30)28(34-4)27(22)29(31)37-24(17-26(20)36-19-32-2)15-16-35-18-21-9-12-23(33-3)13-10-21/h5-6,9-14,20,24,26H,7-8,15-19H2,1-4H3/b6-5+/t20-,24-,26+/m0/s1. The average Bonchev–Trinajstić information content (AvgIpc) is 2.91. The number of hydrogen-bond acceptors (Lipinski definition) is 7. The normalized spacial score (nSPS) is 21.2. The van der Waals surface area contributed by atoms with Crippen molar-refractivity contribution in [3.05, 3.63) is 71.1 Å². The molecule has 8 heteroatoms. The molecule has 202 valence electrons. The number of fused-ring (bicyclic) bond motifs is 1. The highest BCUT2D eigenvalue weighted by molar-refractivity contribution is 5.94. The van der Waals surface area contributed by atoms with Gasteiger partial charge in [0.1, 0.15) is 24.2 Å². The van der Waals surface area contributed by atoms with Gasteiger partial charge in [0.15, 0.2) is 11.6 Å². The number of rotatable bonds is 10. The van der Waals surface area contributed by atoms with Gasteiger partial charge in [-0.25, -0.2) is 9.18 Å². The predicted molar refractivity (Wildman–Crippen MR) is 137 cm³/mol. The summed E-state index contributed by atoms with van der Waals surface area (Å²) >= 11 is 0. The molecule has 0 fully saturated rings. The minimum absolute atomic E-state index is 0.108. The zero-order valence-corrected chi connectivity index (χ0v) is 22.0. The molecule has 0 bridgehead atoms. The molecule has 0 aromatic heterocycles. The second-order valence-corrected chi connectivity index (χ2v) is 9.07. The molecule has 2 aromatic rings. The molecule has 3 rings (SSSR count). The number of cyclic esters (lactones) is 1. The van der Waals surface area contributed by atoms with Crippen LogP contribution in [0.4, 0.5) is 4.39 Å². The summed E-state index contributed by atoms with van der Waals surface area (Å²) in [5.74, 6) is -0.401. The summed E-state index contributed by atoms with van der Waals surface area (Å²) in [7, 11) is 4.54. The van der Waals surface area contributed by atoms with Crippen LogP contribution in [-0.4, -0.2) is 52.9 Å². The third-order valence-electron chi connectivity index (χ3n) is 6.43. The summed E-state index contributed by atoms with van der Waals surface area (Å²) in [4.78, 5) is 13.4. The largest absolute Gasteiger partial charge is 0.497 e. The van der Waals surface area contributed by atoms with E-state index in [1.165, 1.54) is 13.2 Å². The van der Waals surface area contributed by atoms with Crippen molar-refractivity contribution >= 4 is 5.97 Å². The lowest BCUT2D eigenvalue weighted by atomic mass is 9.93. The fourth-order valence-corrected chi connectivity index (χ4v) is 4.31. The van der Waals surface area contributed by atoms with E-state index in [0.29, 0.717) is 38.0 Å². The lowest BCUT2D eigenvalue weighted by Crippen LogP contribution is -2.32. The SMILES string of the molecule is COCO[C@@H]1C[C@H](CCOCc2ccc(OC)cc2)OC(=O)c2c(ccc(F)c2OC)C/C=C/C[C@@H]1C. The van der Waals surface area contributed by atoms with Crippen molar-refractivity contribution in [3.8, 4) is 11.5 Å². The van der Waals surface area contributed by atoms with Crippen molar-refractivity contribution in [1.82, 2.24) is 0 Å². The molecule has 0 saturated carbocycles. The Kier molecular flexibility index (Phi) is 11.4. The molecular formula is C29H37FO7. The Labute approximate surface area is 218 Å². The molecule has 7 nitrogen and oxygen atoms in total. The molecule has 2 aromatic carbocycles. The first-order valence-corrected chi connectivity index (χ1v) is 12.5. The number of methoxy groups -OCH3 is 3. The van der Waals surface area contributed by atoms with Gasteiger partial charge in [0, 0.05) is 20.0 Å². The smallest absolute Gasteiger partial charge is 0.342 e. The molecule has 37 heavy (non-hydrogen) atoms. The van der Waals surface area contributed by atoms with Crippen LogP contribution in [0.25, 0.3) is 0 Å². The van der Waals surface area contributed by atoms with E-state index in [-0.39, 0.29) is 30.1 Å². The average molecular weight is 517 g/mol. The second-order valence-electron chi connectivity index (χ2n) is 9.07. The maximum atomic E-state index is 14.5. The van der Waals surface area contributed by atoms with E-state index in [2.05, 4.69) is 13.0 Å². The quantitative estimate of drug-likeness (QED) is 0.179. The van der Waals surface area contributed by atoms with Crippen LogP contribution >= 0.6 is 0 Å². The minimum Gasteiger partial charge on any atom is -0.497 e. The van der Waals surface area contributed by atoms with E-state index in [9.17, 15) is 9.18 Å². The summed E-state index contributed by atoms with van der Waals surface area (Å²) in [5, 5.41) is 0. The molecule has 0 unspecified atom stereocenters. The van der Waals surface area contributed by atoms with Crippen LogP contribution in [0.5, 0.6) is 11.5 Å². The molecule has 0 amide bonds. The number of carbonyl (C=O) groups excluding carboxylic acids is 1. The minimum atomic E-state index is -0.626. The third kappa shape index (κ3) is 8.28. The molecule has 0 aliphatic carbocycles. The highest BCUT2D eigenvalue weighted by Gasteiger charge is 2.29. The highest BCUT2D eigenvalue weighted by Crippen LogP contribution is 2.30. The first kappa shape index (κ1) is 28.6. The van der Waals surface area contributed by atoms with Crippen LogP contribution in [0.15, 0.2) is 48.6 Å². The predicted octanol–water partition coefficient (Wildman–Crippen LogP) is 5.49. The Hall–Kier alpha value is -2.94. The van der Waals surface area contributed by atoms with Gasteiger partial charge in [-0.1, -0.05) is 37.3 Å². The zero-order valence-electron chi connectivity index (χ0n) is 22.0. The molecule has 1 heterocycles. The number of carbonyl (C=O) groups is 1. The Morgan fingerprint density at radius 2 is 1.81 bits per heavy atom. The summed E-state index contributed by atoms with van der Waals surface area (Å²) in [6.45, 7) is 3.01. The Balaban J connectivity index is 1.78. The van der Waals surface area contributed by atoms with Crippen molar-refractivity contribution in [2.45, 2.75) is 51.4 Å². The van der Waals surface area contributed by atoms with Crippen molar-refractivity contribution in [3.63, 3.8) is 0 Å². The van der Waals surface area contributed by atoms with Crippen LogP contribution in [0.3, 0.4) is 0 Å². The Morgan fingerprint density at radius 3 is 2.51 bits per heavy atom. The van der Waals surface area contributed by atoms with Crippen LogP contribution < -0.4 is 9.47 Å². The zero-order chi connectivity index (χ0) is 26.6. The van der Waals surface area contributed by atoms with E-state index in [1.54, 1.807) is 20.3 Å². The van der Waals surface area contributed by atoms with Gasteiger partial charge in [-0.3, -0.25) is 0 Å². The second kappa shape index (κ2) is 14.7. The van der Waals surface area contributed by atoms with Crippen LogP contribution in [-0.2, 0) is 32.0 Å². The van der Waals surface area contributed by atoms with Gasteiger partial charge in [-0.05, 0) is 48.1 Å². The molecule has 0 saturated heterocycles. The fourth-order valence-electron chi connectivity index (χ4n) is 4.31. The number of benzene rings is 2. The van der Waals surface area contributed by atoms with Crippen molar-refractivity contribution in [2.75, 3.05) is 34.7 Å². The first-order chi connectivity index (χ1) is 18.0. The number of ether oxygens (including phenoxy) is 6. The van der Waals surface area contributed by atoms with Crippen molar-refractivity contribution < 1.29 is 37.6 Å². The van der Waals surface area contributed by atoms with E-state index >= 15 is 0 Å². The molecule has 3 atom stereocenters. The number of halogens is 1. The molecule has 0 radical (unpaired) electrons. The summed E-state index contributed by atoms with van der Waals surface area (Å²) < 4.78 is 47.9. The number of allylic oxidation sites excluding steroid dienone is 2. The number of hydrogen-bond donors (Lipinski definition) is 0. The third-order valence-corrected chi connectivity index (χ3v) is 6.43. The topological polar surface area (TPSA) is 72.5 Å². The van der Waals surface area contributed by atoms with Gasteiger partial charge in [-0.2, -0.15) is 0 Å². The van der Waals surface area contributed by atoms with Gasteiger partial charge in [0.25, 0.3) is 0 Å². The number of esters is 1. The Bertz CT molecular complexity index is 1020. The first-order valence-electron chi connectivity index (χ1n) is 12.5. The monoisotopic (exact) mass is 516 g/mol. The van der Waals surface area contributed by atoms with Crippen molar-refractivity contribution in [1.29, 1.82) is 0 Å². The van der Waals surface area contributed by atoms with Gasteiger partial charge < -0.3 is 28.4 Å². The summed E-state index contributed by atoms with van der Waals surface area (Å²) in [6.07, 6.45) is 5.43. The molecule has 1 aliphatic rings. The van der Waals surface area contributed by atoms with Crippen LogP contribution in [0.1, 0.15) is 47.7 Å². The van der Waals surface area contributed by atoms with E-state index in [4.69, 9.17) is 28.4 Å². The van der Waals surface area contributed by atoms with Gasteiger partial charge in [-0.15, -0.1) is 0 Å². The molecule has 0 spiro atoms. The maximum absolute atomic E-state index is 14.5. The summed E-state index contributed by atoms with van der Waals surface area (Å²) in [6, 6.07) is 10.6. The fraction of sp³-hybridized carbons (Fsp3) is 0.483. The molecule has 0 N–H and O–H groups in total. The molecule has 1 aliphatic heterocycles. The summed E-state index contributed by atoms with van der Waals surface area (Å²) in [5.41, 5.74) is 1.76. The van der Waals surface area contributed by atoms with E-state index in [1.807, 2.05) is 30.3 Å². The van der Waals surface area contributed by atoms with Gasteiger partial charge in [0.05, 0.1) is 33.5 Å². The van der Waals surface area contributed by atoms with Gasteiger partial charge >= 0.3 is 5.97 Å². The van der Waals surface area contributed by atoms with Crippen LogP contribution in [0.2, 0.25) is 0 Å². The Morgan fingerprint density at radius 1 is 1.03 bits per heavy atom. The molecular weight excluding hydrogens is 479 g/mol. The lowest BCUT2D eigenvalue weighted by molar-refractivity contribution is -0.104. The van der Waals surface area contributed by atoms with Crippen molar-refractivity contribution in [2.24, 2.45) is 5.92 Å². The van der Waals surface area contributed by atoms with Gasteiger partial charge in [0.2, 0.25) is 0 Å². The van der Waals surface area contributed by atoms with E-state index in [0.717, 1.165) is 17.7 Å². The van der Waals surface area contributed by atoms with E-state index < -0.39 is 17.9 Å². The van der Waals surface area contributed by atoms with Crippen LogP contribution in [0, 0.1) is 11.7 Å². The lowest BCUT2D eigenvalue weighted by Gasteiger charge is -2.28.